The summed E-state index contributed by atoms with van der Waals surface area (Å²) in [7, 11) is 0. The maximum absolute atomic E-state index is 11.5. The van der Waals surface area contributed by atoms with E-state index in [9.17, 15) is 15.0 Å². The average Bonchev–Trinajstić information content (AvgIpc) is 2.25. The monoisotopic (exact) mass is 236 g/mol. The maximum atomic E-state index is 11.5. The fourth-order valence-corrected chi connectivity index (χ4v) is 2.03. The lowest BCUT2D eigenvalue weighted by molar-refractivity contribution is 0.101. The summed E-state index contributed by atoms with van der Waals surface area (Å²) in [5.74, 6) is -0.413. The Labute approximate surface area is 102 Å². The molecular weight excluding hydrogens is 216 g/mol. The lowest BCUT2D eigenvalue weighted by atomic mass is 9.95. The van der Waals surface area contributed by atoms with Crippen molar-refractivity contribution < 1.29 is 15.0 Å². The number of carbonyl (C=O) groups excluding carboxylic acids is 1. The van der Waals surface area contributed by atoms with Gasteiger partial charge in [-0.2, -0.15) is 0 Å². The van der Waals surface area contributed by atoms with Gasteiger partial charge in [0.1, 0.15) is 17.1 Å². The Balaban J connectivity index is 3.40. The van der Waals surface area contributed by atoms with Crippen LogP contribution in [0.4, 0.5) is 0 Å². The Morgan fingerprint density at radius 2 is 1.47 bits per heavy atom. The third kappa shape index (κ3) is 2.78. The van der Waals surface area contributed by atoms with E-state index in [1.807, 2.05) is 19.9 Å². The highest BCUT2D eigenvalue weighted by atomic mass is 16.3. The molecule has 0 fully saturated rings. The second-order valence-corrected chi connectivity index (χ2v) is 4.32. The van der Waals surface area contributed by atoms with Crippen molar-refractivity contribution in [1.29, 1.82) is 0 Å². The quantitative estimate of drug-likeness (QED) is 0.772. The first kappa shape index (κ1) is 13.6. The molecule has 0 saturated carbocycles. The molecule has 0 atom stereocenters. The van der Waals surface area contributed by atoms with Crippen LogP contribution in [0.2, 0.25) is 0 Å². The number of ketones is 1. The molecule has 0 saturated heterocycles. The number of hydrogen-bond acceptors (Lipinski definition) is 3. The van der Waals surface area contributed by atoms with Crippen LogP contribution in [0.3, 0.4) is 0 Å². The lowest BCUT2D eigenvalue weighted by Gasteiger charge is -2.13. The number of rotatable bonds is 5. The van der Waals surface area contributed by atoms with Gasteiger partial charge < -0.3 is 10.2 Å². The zero-order valence-electron chi connectivity index (χ0n) is 10.7. The van der Waals surface area contributed by atoms with Gasteiger partial charge in [0.25, 0.3) is 0 Å². The first-order valence-electron chi connectivity index (χ1n) is 6.10. The summed E-state index contributed by atoms with van der Waals surface area (Å²) in [6.07, 6.45) is 3.20. The molecule has 0 aliphatic rings. The highest BCUT2D eigenvalue weighted by Crippen LogP contribution is 2.35. The molecule has 0 amide bonds. The van der Waals surface area contributed by atoms with Crippen LogP contribution >= 0.6 is 0 Å². The predicted octanol–water partition coefficient (Wildman–Crippen LogP) is 3.21. The van der Waals surface area contributed by atoms with E-state index in [1.54, 1.807) is 0 Å². The molecule has 0 heterocycles. The Morgan fingerprint density at radius 1 is 1.06 bits per heavy atom. The highest BCUT2D eigenvalue weighted by molar-refractivity contribution is 6.00. The van der Waals surface area contributed by atoms with Crippen LogP contribution < -0.4 is 0 Å². The zero-order chi connectivity index (χ0) is 13.0. The van der Waals surface area contributed by atoms with E-state index >= 15 is 0 Å². The fraction of sp³-hybridized carbons (Fsp3) is 0.500. The summed E-state index contributed by atoms with van der Waals surface area (Å²) >= 11 is 0. The Bertz CT molecular complexity index is 392. The van der Waals surface area contributed by atoms with Crippen molar-refractivity contribution in [3.63, 3.8) is 0 Å². The molecule has 0 bridgehead atoms. The number of benzene rings is 1. The largest absolute Gasteiger partial charge is 0.507 e. The summed E-state index contributed by atoms with van der Waals surface area (Å²) in [6, 6.07) is 1.81. The van der Waals surface area contributed by atoms with E-state index in [1.165, 1.54) is 6.92 Å². The molecule has 3 nitrogen and oxygen atoms in total. The topological polar surface area (TPSA) is 57.5 Å². The fourth-order valence-electron chi connectivity index (χ4n) is 2.03. The van der Waals surface area contributed by atoms with Gasteiger partial charge >= 0.3 is 0 Å². The molecule has 1 aromatic rings. The minimum absolute atomic E-state index is 0.0586. The first-order chi connectivity index (χ1) is 8.02. The Morgan fingerprint density at radius 3 is 1.76 bits per heavy atom. The highest BCUT2D eigenvalue weighted by Gasteiger charge is 2.19. The minimum Gasteiger partial charge on any atom is -0.507 e. The second kappa shape index (κ2) is 5.71. The number of hydrogen-bond donors (Lipinski definition) is 2. The van der Waals surface area contributed by atoms with Crippen molar-refractivity contribution in [2.24, 2.45) is 0 Å². The molecular formula is C14H20O3. The minimum atomic E-state index is -0.296. The molecule has 0 radical (unpaired) electrons. The summed E-state index contributed by atoms with van der Waals surface area (Å²) in [5, 5.41) is 20.0. The van der Waals surface area contributed by atoms with Gasteiger partial charge in [0.05, 0.1) is 0 Å². The van der Waals surface area contributed by atoms with Crippen LogP contribution in [-0.2, 0) is 12.8 Å². The number of aryl methyl sites for hydroxylation is 2. The van der Waals surface area contributed by atoms with E-state index in [4.69, 9.17) is 0 Å². The molecule has 1 rings (SSSR count). The van der Waals surface area contributed by atoms with Crippen LogP contribution in [0.25, 0.3) is 0 Å². The molecule has 1 aromatic carbocycles. The molecule has 0 spiro atoms. The Hall–Kier alpha value is -1.51. The number of carbonyl (C=O) groups is 1. The van der Waals surface area contributed by atoms with E-state index in [-0.39, 0.29) is 22.8 Å². The van der Waals surface area contributed by atoms with Crippen LogP contribution in [0, 0.1) is 0 Å². The number of phenols is 2. The van der Waals surface area contributed by atoms with Gasteiger partial charge in [-0.15, -0.1) is 0 Å². The zero-order valence-corrected chi connectivity index (χ0v) is 10.7. The van der Waals surface area contributed by atoms with Gasteiger partial charge in [-0.25, -0.2) is 0 Å². The summed E-state index contributed by atoms with van der Waals surface area (Å²) in [5.41, 5.74) is 1.57. The molecule has 0 unspecified atom stereocenters. The summed E-state index contributed by atoms with van der Waals surface area (Å²) in [6.45, 7) is 5.39. The standard InChI is InChI=1S/C14H20O3/c1-4-6-10-8-11(7-5-2)14(17)12(9(3)15)13(10)16/h8,16-17H,4-7H2,1-3H3. The van der Waals surface area contributed by atoms with Gasteiger partial charge in [-0.05, 0) is 37.0 Å². The first-order valence-corrected chi connectivity index (χ1v) is 6.10. The second-order valence-electron chi connectivity index (χ2n) is 4.32. The van der Waals surface area contributed by atoms with Crippen molar-refractivity contribution in [3.8, 4) is 11.5 Å². The van der Waals surface area contributed by atoms with Crippen molar-refractivity contribution in [3.05, 3.63) is 22.8 Å². The molecule has 17 heavy (non-hydrogen) atoms. The van der Waals surface area contributed by atoms with Gasteiger partial charge in [-0.3, -0.25) is 4.79 Å². The SMILES string of the molecule is CCCc1cc(CCC)c(O)c(C(C)=O)c1O. The van der Waals surface area contributed by atoms with Gasteiger partial charge in [0.15, 0.2) is 5.78 Å². The third-order valence-electron chi connectivity index (χ3n) is 2.82. The maximum Gasteiger partial charge on any atom is 0.167 e. The molecule has 2 N–H and O–H groups in total. The Kier molecular flexibility index (Phi) is 4.55. The van der Waals surface area contributed by atoms with Crippen molar-refractivity contribution >= 4 is 5.78 Å². The molecule has 0 aromatic heterocycles. The molecule has 3 heteroatoms. The van der Waals surface area contributed by atoms with Crippen molar-refractivity contribution in [2.75, 3.05) is 0 Å². The average molecular weight is 236 g/mol. The lowest BCUT2D eigenvalue weighted by Crippen LogP contribution is -2.01. The van der Waals surface area contributed by atoms with Gasteiger partial charge in [0, 0.05) is 0 Å². The third-order valence-corrected chi connectivity index (χ3v) is 2.82. The number of aromatic hydroxyl groups is 2. The van der Waals surface area contributed by atoms with Crippen LogP contribution in [0.1, 0.15) is 55.1 Å². The van der Waals surface area contributed by atoms with Gasteiger partial charge in [0.2, 0.25) is 0 Å². The van der Waals surface area contributed by atoms with Crippen molar-refractivity contribution in [1.82, 2.24) is 0 Å². The van der Waals surface area contributed by atoms with Crippen LogP contribution in [0.15, 0.2) is 6.07 Å². The summed E-state index contributed by atoms with van der Waals surface area (Å²) in [4.78, 5) is 11.5. The van der Waals surface area contributed by atoms with E-state index in [0.717, 1.165) is 24.0 Å². The number of phenolic OH excluding ortho intramolecular Hbond substituents is 2. The van der Waals surface area contributed by atoms with E-state index < -0.39 is 0 Å². The smallest absolute Gasteiger partial charge is 0.167 e. The summed E-state index contributed by atoms with van der Waals surface area (Å²) < 4.78 is 0. The number of Topliss-reactive ketones (excluding diaryl/α,β-unsaturated/α-hetero) is 1. The van der Waals surface area contributed by atoms with E-state index in [2.05, 4.69) is 0 Å². The van der Waals surface area contributed by atoms with E-state index in [0.29, 0.717) is 12.8 Å². The van der Waals surface area contributed by atoms with Crippen LogP contribution in [0.5, 0.6) is 11.5 Å². The van der Waals surface area contributed by atoms with Crippen LogP contribution in [-0.4, -0.2) is 16.0 Å². The van der Waals surface area contributed by atoms with Crippen molar-refractivity contribution in [2.45, 2.75) is 46.5 Å². The molecule has 94 valence electrons. The molecule has 0 aliphatic carbocycles. The molecule has 0 aliphatic heterocycles. The van der Waals surface area contributed by atoms with Gasteiger partial charge in [-0.1, -0.05) is 26.7 Å². The predicted molar refractivity (Wildman–Crippen MR) is 67.8 cm³/mol. The normalized spacial score (nSPS) is 10.5.